The third kappa shape index (κ3) is 5.80. The van der Waals surface area contributed by atoms with E-state index >= 15 is 0 Å². The summed E-state index contributed by atoms with van der Waals surface area (Å²) in [5.41, 5.74) is 6.37. The van der Waals surface area contributed by atoms with Gasteiger partial charge in [0, 0.05) is 22.1 Å². The van der Waals surface area contributed by atoms with E-state index < -0.39 is 11.7 Å². The van der Waals surface area contributed by atoms with Crippen LogP contribution in [0.25, 0.3) is 0 Å². The molecule has 3 N–H and O–H groups in total. The topological polar surface area (TPSA) is 64.3 Å². The van der Waals surface area contributed by atoms with E-state index in [2.05, 4.69) is 21.2 Å². The summed E-state index contributed by atoms with van der Waals surface area (Å²) in [4.78, 5) is 11.5. The molecule has 0 aromatic heterocycles. The van der Waals surface area contributed by atoms with E-state index in [1.165, 1.54) is 0 Å². The number of nitrogens with one attached hydrogen (secondary N) is 1. The Hall–Kier alpha value is -0.780. The van der Waals surface area contributed by atoms with Crippen LogP contribution in [0.3, 0.4) is 0 Å². The van der Waals surface area contributed by atoms with Gasteiger partial charge in [0.25, 0.3) is 0 Å². The molecule has 106 valence electrons. The molecule has 0 aliphatic heterocycles. The van der Waals surface area contributed by atoms with Crippen molar-refractivity contribution in [2.45, 2.75) is 32.4 Å². The molecule has 0 saturated carbocycles. The fraction of sp³-hybridized carbons (Fsp3) is 0.462. The Morgan fingerprint density at radius 3 is 2.68 bits per heavy atom. The second-order valence-corrected chi connectivity index (χ2v) is 6.45. The molecule has 0 aliphatic carbocycles. The number of benzene rings is 1. The summed E-state index contributed by atoms with van der Waals surface area (Å²) in [6.07, 6.45) is -0.479. The lowest BCUT2D eigenvalue weighted by atomic mass is 10.1. The highest BCUT2D eigenvalue weighted by Gasteiger charge is 2.17. The van der Waals surface area contributed by atoms with E-state index in [9.17, 15) is 4.79 Å². The zero-order valence-corrected chi connectivity index (χ0v) is 13.5. The molecule has 0 aliphatic rings. The fourth-order valence-electron chi connectivity index (χ4n) is 1.42. The summed E-state index contributed by atoms with van der Waals surface area (Å²) in [5.74, 6) is 0. The first-order valence-corrected chi connectivity index (χ1v) is 7.03. The molecule has 0 bridgehead atoms. The van der Waals surface area contributed by atoms with Crippen molar-refractivity contribution < 1.29 is 9.53 Å². The lowest BCUT2D eigenvalue weighted by Crippen LogP contribution is -2.36. The predicted molar refractivity (Wildman–Crippen MR) is 80.3 cm³/mol. The second kappa shape index (κ2) is 6.59. The Kier molecular flexibility index (Phi) is 5.64. The van der Waals surface area contributed by atoms with Gasteiger partial charge in [-0.2, -0.15) is 0 Å². The maximum absolute atomic E-state index is 11.5. The SMILES string of the molecule is CC(C)(C)OC(=O)NCC(N)c1ccc(Cl)cc1Br. The van der Waals surface area contributed by atoms with E-state index in [0.717, 1.165) is 10.0 Å². The number of carbonyl (C=O) groups is 1. The van der Waals surface area contributed by atoms with E-state index in [0.29, 0.717) is 5.02 Å². The normalized spacial score (nSPS) is 12.9. The predicted octanol–water partition coefficient (Wildman–Crippen LogP) is 3.63. The van der Waals surface area contributed by atoms with E-state index in [1.54, 1.807) is 12.1 Å². The standard InChI is InChI=1S/C13H18BrClN2O2/c1-13(2,3)19-12(18)17-7-11(16)9-5-4-8(15)6-10(9)14/h4-6,11H,7,16H2,1-3H3,(H,17,18). The Morgan fingerprint density at radius 2 is 2.16 bits per heavy atom. The van der Waals surface area contributed by atoms with Crippen LogP contribution in [0.2, 0.25) is 5.02 Å². The van der Waals surface area contributed by atoms with Crippen LogP contribution in [0.4, 0.5) is 4.79 Å². The maximum atomic E-state index is 11.5. The minimum absolute atomic E-state index is 0.287. The zero-order valence-electron chi connectivity index (χ0n) is 11.2. The van der Waals surface area contributed by atoms with Gasteiger partial charge in [0.05, 0.1) is 0 Å². The van der Waals surface area contributed by atoms with Gasteiger partial charge in [-0.1, -0.05) is 33.6 Å². The Bertz CT molecular complexity index is 460. The first-order chi connectivity index (χ1) is 8.69. The van der Waals surface area contributed by atoms with Gasteiger partial charge in [-0.05, 0) is 38.5 Å². The lowest BCUT2D eigenvalue weighted by Gasteiger charge is -2.21. The molecule has 1 rings (SSSR count). The molecule has 1 aromatic rings. The molecule has 6 heteroatoms. The maximum Gasteiger partial charge on any atom is 0.407 e. The van der Waals surface area contributed by atoms with Crippen molar-refractivity contribution in [2.75, 3.05) is 6.54 Å². The largest absolute Gasteiger partial charge is 0.444 e. The summed E-state index contributed by atoms with van der Waals surface area (Å²) in [7, 11) is 0. The van der Waals surface area contributed by atoms with Gasteiger partial charge in [-0.3, -0.25) is 0 Å². The molecule has 0 saturated heterocycles. The lowest BCUT2D eigenvalue weighted by molar-refractivity contribution is 0.0524. The van der Waals surface area contributed by atoms with E-state index in [-0.39, 0.29) is 12.6 Å². The van der Waals surface area contributed by atoms with Crippen molar-refractivity contribution in [3.63, 3.8) is 0 Å². The number of nitrogens with two attached hydrogens (primary N) is 1. The van der Waals surface area contributed by atoms with Crippen molar-refractivity contribution in [2.24, 2.45) is 5.73 Å². The number of rotatable bonds is 3. The average molecular weight is 350 g/mol. The third-order valence-corrected chi connectivity index (χ3v) is 3.15. The summed E-state index contributed by atoms with van der Waals surface area (Å²) in [6, 6.07) is 5.02. The number of hydrogen-bond acceptors (Lipinski definition) is 3. The zero-order chi connectivity index (χ0) is 14.6. The first kappa shape index (κ1) is 16.3. The van der Waals surface area contributed by atoms with Crippen molar-refractivity contribution in [3.05, 3.63) is 33.3 Å². The number of alkyl carbamates (subject to hydrolysis) is 1. The number of hydrogen-bond donors (Lipinski definition) is 2. The highest BCUT2D eigenvalue weighted by Crippen LogP contribution is 2.25. The van der Waals surface area contributed by atoms with Crippen LogP contribution in [0.15, 0.2) is 22.7 Å². The van der Waals surface area contributed by atoms with Gasteiger partial charge in [0.1, 0.15) is 5.60 Å². The quantitative estimate of drug-likeness (QED) is 0.876. The molecule has 1 unspecified atom stereocenters. The van der Waals surface area contributed by atoms with Crippen LogP contribution in [-0.2, 0) is 4.74 Å². The summed E-state index contributed by atoms with van der Waals surface area (Å²) in [6.45, 7) is 5.71. The molecule has 0 fully saturated rings. The van der Waals surface area contributed by atoms with Gasteiger partial charge >= 0.3 is 6.09 Å². The molecular formula is C13H18BrClN2O2. The van der Waals surface area contributed by atoms with Crippen molar-refractivity contribution >= 4 is 33.6 Å². The molecule has 1 amide bonds. The summed E-state index contributed by atoms with van der Waals surface area (Å²) in [5, 5.41) is 3.27. The Balaban J connectivity index is 2.56. The molecular weight excluding hydrogens is 332 g/mol. The van der Waals surface area contributed by atoms with Crippen LogP contribution in [0, 0.1) is 0 Å². The van der Waals surface area contributed by atoms with Gasteiger partial charge in [-0.15, -0.1) is 0 Å². The Labute approximate surface area is 126 Å². The highest BCUT2D eigenvalue weighted by molar-refractivity contribution is 9.10. The van der Waals surface area contributed by atoms with Gasteiger partial charge in [0.2, 0.25) is 0 Å². The van der Waals surface area contributed by atoms with Crippen molar-refractivity contribution in [3.8, 4) is 0 Å². The molecule has 0 heterocycles. The van der Waals surface area contributed by atoms with E-state index in [4.69, 9.17) is 22.1 Å². The molecule has 0 radical (unpaired) electrons. The highest BCUT2D eigenvalue weighted by atomic mass is 79.9. The third-order valence-electron chi connectivity index (χ3n) is 2.23. The smallest absolute Gasteiger partial charge is 0.407 e. The summed E-state index contributed by atoms with van der Waals surface area (Å²) >= 11 is 9.26. The van der Waals surface area contributed by atoms with Crippen LogP contribution in [-0.4, -0.2) is 18.2 Å². The van der Waals surface area contributed by atoms with Gasteiger partial charge in [0.15, 0.2) is 0 Å². The van der Waals surface area contributed by atoms with Crippen molar-refractivity contribution in [1.82, 2.24) is 5.32 Å². The number of ether oxygens (including phenoxy) is 1. The monoisotopic (exact) mass is 348 g/mol. The molecule has 1 atom stereocenters. The van der Waals surface area contributed by atoms with Crippen LogP contribution < -0.4 is 11.1 Å². The number of carbonyl (C=O) groups excluding carboxylic acids is 1. The van der Waals surface area contributed by atoms with Gasteiger partial charge < -0.3 is 15.8 Å². The average Bonchev–Trinajstić information content (AvgIpc) is 2.23. The van der Waals surface area contributed by atoms with Crippen LogP contribution in [0.1, 0.15) is 32.4 Å². The molecule has 1 aromatic carbocycles. The summed E-state index contributed by atoms with van der Waals surface area (Å²) < 4.78 is 5.95. The fourth-order valence-corrected chi connectivity index (χ4v) is 2.40. The minimum Gasteiger partial charge on any atom is -0.444 e. The second-order valence-electron chi connectivity index (χ2n) is 5.16. The Morgan fingerprint density at radius 1 is 1.53 bits per heavy atom. The molecule has 4 nitrogen and oxygen atoms in total. The first-order valence-electron chi connectivity index (χ1n) is 5.86. The number of amides is 1. The van der Waals surface area contributed by atoms with E-state index in [1.807, 2.05) is 26.8 Å². The number of halogens is 2. The van der Waals surface area contributed by atoms with Gasteiger partial charge in [-0.25, -0.2) is 4.79 Å². The minimum atomic E-state index is -0.519. The molecule has 0 spiro atoms. The van der Waals surface area contributed by atoms with Crippen molar-refractivity contribution in [1.29, 1.82) is 0 Å². The molecule has 19 heavy (non-hydrogen) atoms. The van der Waals surface area contributed by atoms with Crippen LogP contribution >= 0.6 is 27.5 Å². The van der Waals surface area contributed by atoms with Crippen LogP contribution in [0.5, 0.6) is 0 Å².